The molecular formula is C11H12BrN5O. The molecule has 1 saturated carbocycles. The molecule has 1 amide bonds. The molecule has 1 aliphatic rings. The number of carbonyl (C=O) groups excluding carboxylic acids is 1. The fourth-order valence-electron chi connectivity index (χ4n) is 1.86. The number of nitrogens with one attached hydrogen (secondary N) is 1. The molecule has 3 rings (SSSR count). The molecule has 0 aliphatic heterocycles. The van der Waals surface area contributed by atoms with Crippen molar-refractivity contribution in [1.82, 2.24) is 19.3 Å². The minimum atomic E-state index is -0.163. The van der Waals surface area contributed by atoms with Gasteiger partial charge in [-0.1, -0.05) is 0 Å². The van der Waals surface area contributed by atoms with Crippen molar-refractivity contribution in [2.75, 3.05) is 5.32 Å². The highest BCUT2D eigenvalue weighted by molar-refractivity contribution is 9.10. The monoisotopic (exact) mass is 309 g/mol. The average molecular weight is 310 g/mol. The average Bonchev–Trinajstić information content (AvgIpc) is 3.00. The van der Waals surface area contributed by atoms with E-state index in [1.807, 2.05) is 16.8 Å². The Morgan fingerprint density at radius 1 is 1.56 bits per heavy atom. The molecule has 0 aromatic carbocycles. The van der Waals surface area contributed by atoms with Crippen molar-refractivity contribution in [1.29, 1.82) is 0 Å². The van der Waals surface area contributed by atoms with Crippen molar-refractivity contribution in [3.63, 3.8) is 0 Å². The molecule has 2 heterocycles. The van der Waals surface area contributed by atoms with Gasteiger partial charge in [-0.05, 0) is 34.8 Å². The van der Waals surface area contributed by atoms with Crippen LogP contribution >= 0.6 is 15.9 Å². The summed E-state index contributed by atoms with van der Waals surface area (Å²) in [6.45, 7) is 0. The molecule has 1 aliphatic carbocycles. The number of aromatic nitrogens is 4. The molecular weight excluding hydrogens is 298 g/mol. The molecule has 1 fully saturated rings. The second-order valence-corrected chi connectivity index (χ2v) is 5.26. The molecule has 0 atom stereocenters. The Balaban J connectivity index is 1.86. The zero-order chi connectivity index (χ0) is 12.7. The van der Waals surface area contributed by atoms with E-state index in [0.29, 0.717) is 17.7 Å². The van der Waals surface area contributed by atoms with Gasteiger partial charge in [0.1, 0.15) is 12.0 Å². The van der Waals surface area contributed by atoms with Crippen molar-refractivity contribution in [2.45, 2.75) is 18.9 Å². The Kier molecular flexibility index (Phi) is 2.70. The second-order valence-electron chi connectivity index (χ2n) is 4.34. The van der Waals surface area contributed by atoms with Gasteiger partial charge in [0.25, 0.3) is 5.91 Å². The van der Waals surface area contributed by atoms with Crippen LogP contribution in [0.2, 0.25) is 0 Å². The van der Waals surface area contributed by atoms with Crippen molar-refractivity contribution >= 4 is 27.8 Å². The van der Waals surface area contributed by atoms with E-state index in [-0.39, 0.29) is 5.91 Å². The van der Waals surface area contributed by atoms with E-state index < -0.39 is 0 Å². The summed E-state index contributed by atoms with van der Waals surface area (Å²) in [6, 6.07) is 2.28. The molecule has 0 spiro atoms. The lowest BCUT2D eigenvalue weighted by Gasteiger charge is -2.07. The first-order valence-electron chi connectivity index (χ1n) is 5.68. The lowest BCUT2D eigenvalue weighted by Crippen LogP contribution is -2.18. The van der Waals surface area contributed by atoms with Crippen LogP contribution in [0.3, 0.4) is 0 Å². The third kappa shape index (κ3) is 2.05. The lowest BCUT2D eigenvalue weighted by molar-refractivity contribution is 0.101. The SMILES string of the molecule is Cn1ncnc1NC(=O)c1cc(Br)cn1C1CC1. The third-order valence-electron chi connectivity index (χ3n) is 2.92. The van der Waals surface area contributed by atoms with E-state index in [0.717, 1.165) is 17.3 Å². The highest BCUT2D eigenvalue weighted by atomic mass is 79.9. The zero-order valence-electron chi connectivity index (χ0n) is 9.80. The number of hydrogen-bond acceptors (Lipinski definition) is 3. The second kappa shape index (κ2) is 4.24. The van der Waals surface area contributed by atoms with Gasteiger partial charge in [0, 0.05) is 23.8 Å². The van der Waals surface area contributed by atoms with Crippen LogP contribution in [0, 0.1) is 0 Å². The van der Waals surface area contributed by atoms with Crippen LogP contribution in [-0.4, -0.2) is 25.2 Å². The van der Waals surface area contributed by atoms with Crippen LogP contribution in [0.4, 0.5) is 5.95 Å². The largest absolute Gasteiger partial charge is 0.339 e. The van der Waals surface area contributed by atoms with Crippen LogP contribution in [0.1, 0.15) is 29.4 Å². The number of carbonyl (C=O) groups is 1. The minimum Gasteiger partial charge on any atom is -0.339 e. The Morgan fingerprint density at radius 3 is 2.94 bits per heavy atom. The van der Waals surface area contributed by atoms with Crippen LogP contribution in [0.25, 0.3) is 0 Å². The number of halogens is 1. The molecule has 1 N–H and O–H groups in total. The summed E-state index contributed by atoms with van der Waals surface area (Å²) in [5.74, 6) is 0.281. The first-order valence-corrected chi connectivity index (χ1v) is 6.47. The first kappa shape index (κ1) is 11.5. The quantitative estimate of drug-likeness (QED) is 0.942. The summed E-state index contributed by atoms with van der Waals surface area (Å²) >= 11 is 3.41. The smallest absolute Gasteiger partial charge is 0.274 e. The Bertz CT molecular complexity index is 598. The Hall–Kier alpha value is -1.63. The predicted molar refractivity (Wildman–Crippen MR) is 69.4 cm³/mol. The molecule has 2 aromatic rings. The predicted octanol–water partition coefficient (Wildman–Crippen LogP) is 1.97. The van der Waals surface area contributed by atoms with Gasteiger partial charge in [-0.25, -0.2) is 4.68 Å². The summed E-state index contributed by atoms with van der Waals surface area (Å²) in [5.41, 5.74) is 0.646. The molecule has 0 unspecified atom stereocenters. The third-order valence-corrected chi connectivity index (χ3v) is 3.36. The molecule has 0 bridgehead atoms. The normalized spacial score (nSPS) is 14.8. The van der Waals surface area contributed by atoms with E-state index >= 15 is 0 Å². The summed E-state index contributed by atoms with van der Waals surface area (Å²) in [4.78, 5) is 16.2. The maximum absolute atomic E-state index is 12.2. The molecule has 0 radical (unpaired) electrons. The minimum absolute atomic E-state index is 0.163. The van der Waals surface area contributed by atoms with Gasteiger partial charge < -0.3 is 4.57 Å². The molecule has 7 heteroatoms. The van der Waals surface area contributed by atoms with Gasteiger partial charge in [-0.3, -0.25) is 10.1 Å². The molecule has 18 heavy (non-hydrogen) atoms. The van der Waals surface area contributed by atoms with Gasteiger partial charge in [0.05, 0.1) is 0 Å². The topological polar surface area (TPSA) is 64.7 Å². The van der Waals surface area contributed by atoms with Gasteiger partial charge in [-0.15, -0.1) is 0 Å². The molecule has 94 valence electrons. The lowest BCUT2D eigenvalue weighted by atomic mass is 10.4. The van der Waals surface area contributed by atoms with Crippen LogP contribution in [0.15, 0.2) is 23.1 Å². The van der Waals surface area contributed by atoms with Crippen LogP contribution in [0.5, 0.6) is 0 Å². The first-order chi connectivity index (χ1) is 8.65. The summed E-state index contributed by atoms with van der Waals surface area (Å²) in [5, 5.41) is 6.66. The Labute approximate surface area is 112 Å². The molecule has 0 saturated heterocycles. The van der Waals surface area contributed by atoms with E-state index in [1.54, 1.807) is 7.05 Å². The van der Waals surface area contributed by atoms with Crippen molar-refractivity contribution in [2.24, 2.45) is 7.05 Å². The van der Waals surface area contributed by atoms with E-state index in [2.05, 4.69) is 31.3 Å². The summed E-state index contributed by atoms with van der Waals surface area (Å²) in [6.07, 6.45) is 5.62. The highest BCUT2D eigenvalue weighted by Gasteiger charge is 2.28. The number of hydrogen-bond donors (Lipinski definition) is 1. The van der Waals surface area contributed by atoms with E-state index in [4.69, 9.17) is 0 Å². The summed E-state index contributed by atoms with van der Waals surface area (Å²) < 4.78 is 4.45. The van der Waals surface area contributed by atoms with Gasteiger partial charge in [0.15, 0.2) is 0 Å². The zero-order valence-corrected chi connectivity index (χ0v) is 11.4. The molecule has 6 nitrogen and oxygen atoms in total. The fraction of sp³-hybridized carbons (Fsp3) is 0.364. The van der Waals surface area contributed by atoms with Crippen molar-refractivity contribution < 1.29 is 4.79 Å². The number of anilines is 1. The Morgan fingerprint density at radius 2 is 2.33 bits per heavy atom. The number of nitrogens with zero attached hydrogens (tertiary/aromatic N) is 4. The molecule has 2 aromatic heterocycles. The number of aryl methyl sites for hydroxylation is 1. The maximum atomic E-state index is 12.2. The number of rotatable bonds is 3. The van der Waals surface area contributed by atoms with E-state index in [1.165, 1.54) is 11.0 Å². The van der Waals surface area contributed by atoms with Crippen LogP contribution in [-0.2, 0) is 7.05 Å². The van der Waals surface area contributed by atoms with Gasteiger partial charge in [-0.2, -0.15) is 10.1 Å². The van der Waals surface area contributed by atoms with Crippen LogP contribution < -0.4 is 5.32 Å². The standard InChI is InChI=1S/C11H12BrN5O/c1-16-11(13-6-14-16)15-10(18)9-4-7(12)5-17(9)8-2-3-8/h4-6,8H,2-3H2,1H3,(H,13,14,15,18). The highest BCUT2D eigenvalue weighted by Crippen LogP contribution is 2.37. The van der Waals surface area contributed by atoms with Gasteiger partial charge in [0.2, 0.25) is 5.95 Å². The summed E-state index contributed by atoms with van der Waals surface area (Å²) in [7, 11) is 1.73. The van der Waals surface area contributed by atoms with Gasteiger partial charge >= 0.3 is 0 Å². The fourth-order valence-corrected chi connectivity index (χ4v) is 2.29. The van der Waals surface area contributed by atoms with Crippen molar-refractivity contribution in [3.05, 3.63) is 28.8 Å². The van der Waals surface area contributed by atoms with Crippen molar-refractivity contribution in [3.8, 4) is 0 Å². The van der Waals surface area contributed by atoms with E-state index in [9.17, 15) is 4.79 Å². The maximum Gasteiger partial charge on any atom is 0.274 e. The number of amides is 1.